The summed E-state index contributed by atoms with van der Waals surface area (Å²) in [5, 5.41) is 0. The van der Waals surface area contributed by atoms with E-state index in [0.717, 1.165) is 6.54 Å². The first-order chi connectivity index (χ1) is 7.29. The molecule has 0 aromatic carbocycles. The molecule has 0 saturated carbocycles. The zero-order chi connectivity index (χ0) is 10.7. The Morgan fingerprint density at radius 3 is 1.76 bits per heavy atom. The maximum absolute atomic E-state index is 3.80. The van der Waals surface area contributed by atoms with E-state index in [2.05, 4.69) is 55.2 Å². The summed E-state index contributed by atoms with van der Waals surface area (Å²) in [5.41, 5.74) is 2.46. The van der Waals surface area contributed by atoms with Crippen molar-refractivity contribution in [2.45, 2.75) is 13.5 Å². The predicted molar refractivity (Wildman–Crippen MR) is 65.1 cm³/mol. The minimum atomic E-state index is 0. The second-order valence-electron chi connectivity index (χ2n) is 3.52. The molecule has 0 bridgehead atoms. The van der Waals surface area contributed by atoms with Gasteiger partial charge in [-0.05, 0) is 30.2 Å². The van der Waals surface area contributed by atoms with Crippen LogP contribution in [0.4, 0.5) is 0 Å². The zero-order valence-electron chi connectivity index (χ0n) is 10.5. The van der Waals surface area contributed by atoms with E-state index in [4.69, 9.17) is 0 Å². The fourth-order valence-corrected chi connectivity index (χ4v) is 1.51. The van der Waals surface area contributed by atoms with Gasteiger partial charge in [-0.25, -0.2) is 4.57 Å². The Balaban J connectivity index is 0.00000128. The van der Waals surface area contributed by atoms with Crippen molar-refractivity contribution in [2.24, 2.45) is 0 Å². The van der Waals surface area contributed by atoms with Crippen LogP contribution in [0.3, 0.4) is 0 Å². The minimum absolute atomic E-state index is 0. The fourth-order valence-electron chi connectivity index (χ4n) is 1.51. The predicted octanol–water partition coefficient (Wildman–Crippen LogP) is 2.04. The molecule has 0 spiro atoms. The van der Waals surface area contributed by atoms with Crippen LogP contribution in [-0.2, 0) is 39.3 Å². The molecule has 2 heterocycles. The Labute approximate surface area is 129 Å². The van der Waals surface area contributed by atoms with Gasteiger partial charge in [0.25, 0.3) is 0 Å². The van der Waals surface area contributed by atoms with Crippen LogP contribution in [0.2, 0.25) is 0 Å². The molecule has 0 aliphatic rings. The monoisotopic (exact) mass is 303 g/mol. The Kier molecular flexibility index (Phi) is 7.25. The van der Waals surface area contributed by atoms with Gasteiger partial charge in [0, 0.05) is 51.9 Å². The molecule has 2 aromatic heterocycles. The molecule has 17 heavy (non-hydrogen) atoms. The molecule has 3 heteroatoms. The quantitative estimate of drug-likeness (QED) is 0.592. The SMILES string of the molecule is [CH2-][n+]1ccc(-c2cc[n+](CC)cc2)cc1.[CH3-].[Y]. The second kappa shape index (κ2) is 7.57. The Bertz CT molecular complexity index is 435. The smallest absolute Gasteiger partial charge is 0.169 e. The first-order valence-corrected chi connectivity index (χ1v) is 5.11. The summed E-state index contributed by atoms with van der Waals surface area (Å²) in [4.78, 5) is 0. The van der Waals surface area contributed by atoms with Gasteiger partial charge in [0.05, 0.1) is 12.4 Å². The largest absolute Gasteiger partial charge is 0.358 e. The summed E-state index contributed by atoms with van der Waals surface area (Å²) in [5.74, 6) is 0. The molecule has 0 aliphatic heterocycles. The molecule has 2 nitrogen and oxygen atoms in total. The van der Waals surface area contributed by atoms with Crippen molar-refractivity contribution >= 4 is 0 Å². The van der Waals surface area contributed by atoms with Gasteiger partial charge < -0.3 is 12.0 Å². The van der Waals surface area contributed by atoms with Crippen molar-refractivity contribution in [2.75, 3.05) is 0 Å². The number of nitrogens with zero attached hydrogens (tertiary/aromatic N) is 2. The van der Waals surface area contributed by atoms with Crippen LogP contribution in [0.25, 0.3) is 11.1 Å². The van der Waals surface area contributed by atoms with Crippen molar-refractivity contribution in [1.82, 2.24) is 0 Å². The van der Waals surface area contributed by atoms with Gasteiger partial charge in [-0.3, -0.25) is 0 Å². The van der Waals surface area contributed by atoms with E-state index in [0.29, 0.717) is 0 Å². The van der Waals surface area contributed by atoms with Gasteiger partial charge in [-0.15, -0.1) is 0 Å². The molecule has 0 aliphatic carbocycles. The summed E-state index contributed by atoms with van der Waals surface area (Å²) < 4.78 is 3.94. The number of hydrogen-bond donors (Lipinski definition) is 0. The van der Waals surface area contributed by atoms with Crippen LogP contribution in [-0.4, -0.2) is 0 Å². The number of pyridine rings is 2. The number of hydrogen-bond acceptors (Lipinski definition) is 0. The standard InChI is InChI=1S/C13H15N2.CH3.Y/c1-3-15-10-6-13(7-11-15)12-4-8-14(2)9-5-12;;/h4-11H,2-3H2,1H3;1H3;/q+1;-1;. The van der Waals surface area contributed by atoms with E-state index in [9.17, 15) is 0 Å². The Hall–Kier alpha value is -0.726. The third-order valence-electron chi connectivity index (χ3n) is 2.48. The van der Waals surface area contributed by atoms with Crippen molar-refractivity contribution in [3.8, 4) is 11.1 Å². The van der Waals surface area contributed by atoms with E-state index in [-0.39, 0.29) is 40.1 Å². The maximum atomic E-state index is 3.80. The normalized spacial score (nSPS) is 9.00. The molecule has 0 atom stereocenters. The van der Waals surface area contributed by atoms with E-state index in [1.807, 2.05) is 12.4 Å². The third kappa shape index (κ3) is 4.21. The Morgan fingerprint density at radius 2 is 1.35 bits per heavy atom. The first-order valence-electron chi connectivity index (χ1n) is 5.11. The average molecular weight is 303 g/mol. The van der Waals surface area contributed by atoms with Gasteiger partial charge in [0.1, 0.15) is 6.54 Å². The van der Waals surface area contributed by atoms with Gasteiger partial charge in [-0.2, -0.15) is 0 Å². The first kappa shape index (κ1) is 16.3. The molecule has 1 radical (unpaired) electrons. The van der Waals surface area contributed by atoms with Crippen molar-refractivity contribution in [3.63, 3.8) is 0 Å². The van der Waals surface area contributed by atoms with Crippen LogP contribution in [0, 0.1) is 14.5 Å². The van der Waals surface area contributed by atoms with E-state index < -0.39 is 0 Å². The van der Waals surface area contributed by atoms with Crippen LogP contribution < -0.4 is 9.13 Å². The van der Waals surface area contributed by atoms with Gasteiger partial charge in [0.15, 0.2) is 12.4 Å². The number of rotatable bonds is 2. The average Bonchev–Trinajstić information content (AvgIpc) is 2.30. The molecule has 0 unspecified atom stereocenters. The summed E-state index contributed by atoms with van der Waals surface area (Å²) in [6, 6.07) is 8.40. The van der Waals surface area contributed by atoms with Crippen molar-refractivity contribution in [3.05, 3.63) is 63.5 Å². The van der Waals surface area contributed by atoms with Crippen molar-refractivity contribution in [1.29, 1.82) is 0 Å². The molecular formula is C14H18N2Y. The maximum Gasteiger partial charge on any atom is 0.169 e. The van der Waals surface area contributed by atoms with E-state index in [1.54, 1.807) is 4.57 Å². The minimum Gasteiger partial charge on any atom is -0.358 e. The van der Waals surface area contributed by atoms with Crippen LogP contribution in [0.1, 0.15) is 6.92 Å². The van der Waals surface area contributed by atoms with Gasteiger partial charge in [-0.1, -0.05) is 0 Å². The Morgan fingerprint density at radius 1 is 0.941 bits per heavy atom. The molecule has 0 fully saturated rings. The number of aryl methyl sites for hydroxylation is 1. The molecular weight excluding hydrogens is 285 g/mol. The topological polar surface area (TPSA) is 7.76 Å². The molecule has 0 saturated heterocycles. The van der Waals surface area contributed by atoms with Gasteiger partial charge >= 0.3 is 0 Å². The molecule has 0 amide bonds. The van der Waals surface area contributed by atoms with E-state index >= 15 is 0 Å². The molecule has 2 aromatic rings. The molecule has 2 rings (SSSR count). The van der Waals surface area contributed by atoms with Crippen molar-refractivity contribution < 1.29 is 41.8 Å². The molecule has 0 N–H and O–H groups in total. The number of aromatic nitrogens is 2. The van der Waals surface area contributed by atoms with Gasteiger partial charge in [0.2, 0.25) is 0 Å². The van der Waals surface area contributed by atoms with Crippen LogP contribution in [0.15, 0.2) is 49.1 Å². The van der Waals surface area contributed by atoms with E-state index in [1.165, 1.54) is 11.1 Å². The summed E-state index contributed by atoms with van der Waals surface area (Å²) >= 11 is 0. The molecule has 87 valence electrons. The zero-order valence-corrected chi connectivity index (χ0v) is 13.3. The fraction of sp³-hybridized carbons (Fsp3) is 0.143. The second-order valence-corrected chi connectivity index (χ2v) is 3.52. The van der Waals surface area contributed by atoms with Crippen LogP contribution >= 0.6 is 0 Å². The summed E-state index contributed by atoms with van der Waals surface area (Å²) in [7, 11) is 3.80. The summed E-state index contributed by atoms with van der Waals surface area (Å²) in [6.07, 6.45) is 8.10. The van der Waals surface area contributed by atoms with Crippen LogP contribution in [0.5, 0.6) is 0 Å². The third-order valence-corrected chi connectivity index (χ3v) is 2.48. The summed E-state index contributed by atoms with van der Waals surface area (Å²) in [6.45, 7) is 3.14.